The predicted molar refractivity (Wildman–Crippen MR) is 75.5 cm³/mol. The third-order valence-corrected chi connectivity index (χ3v) is 2.39. The molecule has 0 atom stereocenters. The van der Waals surface area contributed by atoms with Crippen molar-refractivity contribution in [3.8, 4) is 5.88 Å². The van der Waals surface area contributed by atoms with Gasteiger partial charge in [0.15, 0.2) is 5.96 Å². The summed E-state index contributed by atoms with van der Waals surface area (Å²) in [4.78, 5) is 8.44. The Morgan fingerprint density at radius 2 is 2.21 bits per heavy atom. The summed E-state index contributed by atoms with van der Waals surface area (Å²) < 4.78 is 10.3. The van der Waals surface area contributed by atoms with Crippen molar-refractivity contribution in [3.63, 3.8) is 0 Å². The second kappa shape index (κ2) is 9.16. The molecule has 0 unspecified atom stereocenters. The summed E-state index contributed by atoms with van der Waals surface area (Å²) in [6.45, 7) is 4.67. The van der Waals surface area contributed by atoms with Gasteiger partial charge in [-0.1, -0.05) is 6.07 Å². The molecule has 106 valence electrons. The molecular weight excluding hydrogens is 244 g/mol. The van der Waals surface area contributed by atoms with Gasteiger partial charge in [-0.25, -0.2) is 4.98 Å². The van der Waals surface area contributed by atoms with Crippen molar-refractivity contribution in [2.45, 2.75) is 13.5 Å². The summed E-state index contributed by atoms with van der Waals surface area (Å²) in [6.07, 6.45) is 0. The minimum absolute atomic E-state index is 0.589. The van der Waals surface area contributed by atoms with Gasteiger partial charge in [0.25, 0.3) is 0 Å². The SMILES string of the molecule is CCOCCNC(=NC)NCc1cccc(OC)n1. The molecule has 0 amide bonds. The molecule has 0 aliphatic heterocycles. The quantitative estimate of drug-likeness (QED) is 0.434. The van der Waals surface area contributed by atoms with Crippen molar-refractivity contribution in [2.24, 2.45) is 4.99 Å². The van der Waals surface area contributed by atoms with Crippen molar-refractivity contribution in [2.75, 3.05) is 33.9 Å². The molecule has 2 N–H and O–H groups in total. The molecular formula is C13H22N4O2. The first-order chi connectivity index (χ1) is 9.30. The Hall–Kier alpha value is -1.82. The first-order valence-electron chi connectivity index (χ1n) is 6.32. The van der Waals surface area contributed by atoms with E-state index in [2.05, 4.69) is 20.6 Å². The summed E-state index contributed by atoms with van der Waals surface area (Å²) in [5, 5.41) is 6.34. The second-order valence-corrected chi connectivity index (χ2v) is 3.72. The predicted octanol–water partition coefficient (Wildman–Crippen LogP) is 0.792. The van der Waals surface area contributed by atoms with E-state index in [0.29, 0.717) is 19.0 Å². The van der Waals surface area contributed by atoms with Gasteiger partial charge in [0, 0.05) is 26.3 Å². The largest absolute Gasteiger partial charge is 0.481 e. The average molecular weight is 266 g/mol. The molecule has 0 fully saturated rings. The summed E-state index contributed by atoms with van der Waals surface area (Å²) in [7, 11) is 3.34. The molecule has 0 spiro atoms. The second-order valence-electron chi connectivity index (χ2n) is 3.72. The van der Waals surface area contributed by atoms with Gasteiger partial charge in [0.1, 0.15) is 0 Å². The lowest BCUT2D eigenvalue weighted by Crippen LogP contribution is -2.38. The van der Waals surface area contributed by atoms with Crippen LogP contribution in [0.1, 0.15) is 12.6 Å². The van der Waals surface area contributed by atoms with Crippen LogP contribution in [-0.4, -0.2) is 44.9 Å². The van der Waals surface area contributed by atoms with Crippen LogP contribution >= 0.6 is 0 Å². The maximum Gasteiger partial charge on any atom is 0.213 e. The van der Waals surface area contributed by atoms with Crippen molar-refractivity contribution in [1.29, 1.82) is 0 Å². The van der Waals surface area contributed by atoms with Gasteiger partial charge in [-0.2, -0.15) is 0 Å². The molecule has 6 nitrogen and oxygen atoms in total. The fourth-order valence-electron chi connectivity index (χ4n) is 1.45. The van der Waals surface area contributed by atoms with E-state index in [1.54, 1.807) is 14.2 Å². The molecule has 0 saturated heterocycles. The first-order valence-corrected chi connectivity index (χ1v) is 6.32. The number of hydrogen-bond acceptors (Lipinski definition) is 4. The number of aliphatic imine (C=N–C) groups is 1. The Morgan fingerprint density at radius 1 is 1.37 bits per heavy atom. The fourth-order valence-corrected chi connectivity index (χ4v) is 1.45. The minimum Gasteiger partial charge on any atom is -0.481 e. The highest BCUT2D eigenvalue weighted by molar-refractivity contribution is 5.79. The number of hydrogen-bond donors (Lipinski definition) is 2. The highest BCUT2D eigenvalue weighted by atomic mass is 16.5. The Morgan fingerprint density at radius 3 is 2.89 bits per heavy atom. The van der Waals surface area contributed by atoms with Crippen LogP contribution in [0.5, 0.6) is 5.88 Å². The monoisotopic (exact) mass is 266 g/mol. The molecule has 1 heterocycles. The zero-order valence-corrected chi connectivity index (χ0v) is 11.8. The molecule has 0 aliphatic carbocycles. The van der Waals surface area contributed by atoms with Crippen LogP contribution in [0, 0.1) is 0 Å². The zero-order chi connectivity index (χ0) is 13.9. The van der Waals surface area contributed by atoms with E-state index in [4.69, 9.17) is 9.47 Å². The third kappa shape index (κ3) is 6.05. The zero-order valence-electron chi connectivity index (χ0n) is 11.8. The number of methoxy groups -OCH3 is 1. The number of ether oxygens (including phenoxy) is 2. The standard InChI is InChI=1S/C13H22N4O2/c1-4-19-9-8-15-13(14-2)16-10-11-6-5-7-12(17-11)18-3/h5-7H,4,8-10H2,1-3H3,(H2,14,15,16). The Bertz CT molecular complexity index is 396. The van der Waals surface area contributed by atoms with E-state index in [1.807, 2.05) is 25.1 Å². The maximum absolute atomic E-state index is 5.25. The normalized spacial score (nSPS) is 11.2. The highest BCUT2D eigenvalue weighted by Crippen LogP contribution is 2.05. The maximum atomic E-state index is 5.25. The van der Waals surface area contributed by atoms with Crippen LogP contribution in [0.15, 0.2) is 23.2 Å². The number of rotatable bonds is 7. The topological polar surface area (TPSA) is 67.8 Å². The van der Waals surface area contributed by atoms with E-state index in [1.165, 1.54) is 0 Å². The summed E-state index contributed by atoms with van der Waals surface area (Å²) in [5.41, 5.74) is 0.895. The van der Waals surface area contributed by atoms with Crippen LogP contribution < -0.4 is 15.4 Å². The van der Waals surface area contributed by atoms with Crippen molar-refractivity contribution in [3.05, 3.63) is 23.9 Å². The van der Waals surface area contributed by atoms with Gasteiger partial charge in [-0.05, 0) is 13.0 Å². The van der Waals surface area contributed by atoms with Gasteiger partial charge < -0.3 is 20.1 Å². The smallest absolute Gasteiger partial charge is 0.213 e. The van der Waals surface area contributed by atoms with E-state index >= 15 is 0 Å². The average Bonchev–Trinajstić information content (AvgIpc) is 2.47. The van der Waals surface area contributed by atoms with Crippen LogP contribution in [0.3, 0.4) is 0 Å². The summed E-state index contributed by atoms with van der Waals surface area (Å²) in [5.74, 6) is 1.34. The lowest BCUT2D eigenvalue weighted by Gasteiger charge is -2.11. The molecule has 0 aliphatic rings. The van der Waals surface area contributed by atoms with Gasteiger partial charge in [0.2, 0.25) is 5.88 Å². The Kier molecular flexibility index (Phi) is 7.34. The van der Waals surface area contributed by atoms with Crippen molar-refractivity contribution in [1.82, 2.24) is 15.6 Å². The first kappa shape index (κ1) is 15.2. The number of nitrogens with zero attached hydrogens (tertiary/aromatic N) is 2. The van der Waals surface area contributed by atoms with Crippen LogP contribution in [-0.2, 0) is 11.3 Å². The summed E-state index contributed by atoms with van der Waals surface area (Å²) in [6, 6.07) is 5.66. The van der Waals surface area contributed by atoms with E-state index in [9.17, 15) is 0 Å². The van der Waals surface area contributed by atoms with Gasteiger partial charge in [-0.3, -0.25) is 4.99 Å². The third-order valence-electron chi connectivity index (χ3n) is 2.39. The summed E-state index contributed by atoms with van der Waals surface area (Å²) >= 11 is 0. The van der Waals surface area contributed by atoms with E-state index in [-0.39, 0.29) is 0 Å². The van der Waals surface area contributed by atoms with Gasteiger partial charge in [0.05, 0.1) is 26.0 Å². The van der Waals surface area contributed by atoms with Crippen LogP contribution in [0.2, 0.25) is 0 Å². The molecule has 0 saturated carbocycles. The van der Waals surface area contributed by atoms with Crippen LogP contribution in [0.25, 0.3) is 0 Å². The Labute approximate surface area is 114 Å². The molecule has 0 aromatic carbocycles. The van der Waals surface area contributed by atoms with E-state index in [0.717, 1.165) is 24.8 Å². The number of guanidine groups is 1. The minimum atomic E-state index is 0.589. The van der Waals surface area contributed by atoms with Crippen molar-refractivity contribution < 1.29 is 9.47 Å². The molecule has 0 radical (unpaired) electrons. The molecule has 19 heavy (non-hydrogen) atoms. The molecule has 1 aromatic heterocycles. The molecule has 0 bridgehead atoms. The van der Waals surface area contributed by atoms with E-state index < -0.39 is 0 Å². The fraction of sp³-hybridized carbons (Fsp3) is 0.538. The molecule has 1 aromatic rings. The lowest BCUT2D eigenvalue weighted by atomic mass is 10.3. The highest BCUT2D eigenvalue weighted by Gasteiger charge is 2.00. The number of nitrogens with one attached hydrogen (secondary N) is 2. The van der Waals surface area contributed by atoms with Crippen molar-refractivity contribution >= 4 is 5.96 Å². The van der Waals surface area contributed by atoms with Gasteiger partial charge in [-0.15, -0.1) is 0 Å². The molecule has 6 heteroatoms. The van der Waals surface area contributed by atoms with Gasteiger partial charge >= 0.3 is 0 Å². The van der Waals surface area contributed by atoms with Crippen LogP contribution in [0.4, 0.5) is 0 Å². The molecule has 1 rings (SSSR count). The Balaban J connectivity index is 2.36. The lowest BCUT2D eigenvalue weighted by molar-refractivity contribution is 0.152. The number of pyridine rings is 1. The number of aromatic nitrogens is 1.